The van der Waals surface area contributed by atoms with Crippen molar-refractivity contribution in [1.82, 2.24) is 20.4 Å². The number of rotatable bonds is 10. The standard InChI is InChI=1S/C25H18Cl2N6O10S2/c26-11-4-10(15(27)20(37)19(11)36)12-3-9(43-31-12)2-1-8-6-44-23-17(22(39)33(23)18(8)24(40)41)30-21(38)16(32-42-5-14(34)35)13-7-45-25(28)29-13/h1-4,7,17,23,36-37H,5-6H2,(H2,28,29)(H,30,38)(H,34,35)(H,40,41)/b2-1+,32-16+/t17-,23-/m1/s1. The fourth-order valence-corrected chi connectivity index (χ4v) is 6.51. The molecule has 0 saturated carbocycles. The molecule has 0 aliphatic carbocycles. The highest BCUT2D eigenvalue weighted by molar-refractivity contribution is 8.00. The largest absolute Gasteiger partial charge is 0.503 e. The first-order valence-corrected chi connectivity index (χ1v) is 15.0. The van der Waals surface area contributed by atoms with Crippen molar-refractivity contribution >= 4 is 87.0 Å². The molecule has 4 heterocycles. The number of allylic oxidation sites excluding steroid dienone is 1. The van der Waals surface area contributed by atoms with Crippen LogP contribution in [-0.2, 0) is 24.0 Å². The predicted molar refractivity (Wildman–Crippen MR) is 161 cm³/mol. The van der Waals surface area contributed by atoms with Gasteiger partial charge in [0.15, 0.2) is 28.1 Å². The van der Waals surface area contributed by atoms with Gasteiger partial charge in [-0.25, -0.2) is 14.6 Å². The average molecular weight is 697 g/mol. The summed E-state index contributed by atoms with van der Waals surface area (Å²) in [6, 6.07) is 1.57. The van der Waals surface area contributed by atoms with Gasteiger partial charge in [-0.1, -0.05) is 39.6 Å². The molecule has 2 aliphatic rings. The Morgan fingerprint density at radius 1 is 1.22 bits per heavy atom. The highest BCUT2D eigenvalue weighted by Gasteiger charge is 2.54. The molecule has 0 spiro atoms. The van der Waals surface area contributed by atoms with Gasteiger partial charge in [0.1, 0.15) is 28.5 Å². The van der Waals surface area contributed by atoms with E-state index in [1.165, 1.54) is 41.4 Å². The van der Waals surface area contributed by atoms with Gasteiger partial charge in [-0.3, -0.25) is 14.5 Å². The number of β-lactam (4-membered cyclic amide) rings is 1. The molecule has 2 atom stereocenters. The van der Waals surface area contributed by atoms with E-state index in [-0.39, 0.29) is 54.9 Å². The Balaban J connectivity index is 1.34. The molecule has 234 valence electrons. The van der Waals surface area contributed by atoms with Crippen molar-refractivity contribution in [2.45, 2.75) is 11.4 Å². The molecule has 16 nitrogen and oxygen atoms in total. The number of aliphatic carboxylic acids is 2. The monoisotopic (exact) mass is 696 g/mol. The van der Waals surface area contributed by atoms with Crippen LogP contribution in [0.3, 0.4) is 0 Å². The van der Waals surface area contributed by atoms with Crippen LogP contribution in [0.4, 0.5) is 5.13 Å². The maximum absolute atomic E-state index is 13.1. The Morgan fingerprint density at radius 2 is 1.98 bits per heavy atom. The molecular weight excluding hydrogens is 679 g/mol. The number of oxime groups is 1. The quantitative estimate of drug-likeness (QED) is 0.0770. The Bertz CT molecular complexity index is 1840. The Labute approximate surface area is 269 Å². The number of carbonyl (C=O) groups is 4. The summed E-state index contributed by atoms with van der Waals surface area (Å²) in [6.07, 6.45) is 2.84. The number of hydrogen-bond donors (Lipinski definition) is 6. The van der Waals surface area contributed by atoms with Crippen LogP contribution in [0.1, 0.15) is 11.5 Å². The van der Waals surface area contributed by atoms with E-state index in [2.05, 4.69) is 20.6 Å². The number of carboxylic acid groups (broad SMARTS) is 2. The molecule has 0 bridgehead atoms. The highest BCUT2D eigenvalue weighted by Crippen LogP contribution is 2.45. The second-order valence-electron chi connectivity index (χ2n) is 9.08. The summed E-state index contributed by atoms with van der Waals surface area (Å²) in [4.78, 5) is 58.9. The summed E-state index contributed by atoms with van der Waals surface area (Å²) in [5.74, 6) is -5.31. The van der Waals surface area contributed by atoms with E-state index in [0.29, 0.717) is 0 Å². The second kappa shape index (κ2) is 12.7. The zero-order valence-electron chi connectivity index (χ0n) is 22.1. The number of halogens is 2. The molecule has 3 aromatic rings. The number of amides is 2. The summed E-state index contributed by atoms with van der Waals surface area (Å²) in [5.41, 5.74) is 5.47. The van der Waals surface area contributed by atoms with Crippen molar-refractivity contribution in [2.75, 3.05) is 18.1 Å². The fraction of sp³-hybridized carbons (Fsp3) is 0.160. The van der Waals surface area contributed by atoms with E-state index >= 15 is 0 Å². The molecule has 1 aromatic carbocycles. The lowest BCUT2D eigenvalue weighted by Gasteiger charge is -2.49. The molecule has 1 fully saturated rings. The van der Waals surface area contributed by atoms with Crippen LogP contribution in [0.25, 0.3) is 17.3 Å². The number of anilines is 1. The number of nitrogens with zero attached hydrogens (tertiary/aromatic N) is 4. The molecule has 0 radical (unpaired) electrons. The first kappa shape index (κ1) is 31.6. The van der Waals surface area contributed by atoms with Crippen LogP contribution in [-0.4, -0.2) is 88.7 Å². The number of aromatic nitrogens is 2. The lowest BCUT2D eigenvalue weighted by atomic mass is 10.0. The first-order chi connectivity index (χ1) is 21.4. The van der Waals surface area contributed by atoms with E-state index in [0.717, 1.165) is 16.2 Å². The summed E-state index contributed by atoms with van der Waals surface area (Å²) >= 11 is 14.2. The molecule has 2 amide bonds. The van der Waals surface area contributed by atoms with Gasteiger partial charge in [0.25, 0.3) is 11.8 Å². The SMILES string of the molecule is Nc1nc(/C(=N\OCC(=O)O)C(=O)N[C@@H]2C(=O)N3C(C(=O)O)=C(/C=C/c4cc(-c5cc(Cl)c(O)c(O)c5Cl)no4)CS[C@H]23)cs1. The number of thiazole rings is 1. The Kier molecular flexibility index (Phi) is 8.91. The summed E-state index contributed by atoms with van der Waals surface area (Å²) < 4.78 is 5.26. The van der Waals surface area contributed by atoms with Crippen LogP contribution in [0.5, 0.6) is 11.5 Å². The third-order valence-corrected chi connectivity index (χ3v) is 8.88. The number of phenolic OH excluding ortho intramolecular Hbond substituents is 2. The number of fused-ring (bicyclic) bond motifs is 1. The minimum Gasteiger partial charge on any atom is -0.503 e. The zero-order chi connectivity index (χ0) is 32.6. The van der Waals surface area contributed by atoms with Crippen molar-refractivity contribution in [1.29, 1.82) is 0 Å². The first-order valence-electron chi connectivity index (χ1n) is 12.3. The van der Waals surface area contributed by atoms with Crippen LogP contribution in [0.2, 0.25) is 10.0 Å². The topological polar surface area (TPSA) is 251 Å². The Morgan fingerprint density at radius 3 is 2.64 bits per heavy atom. The van der Waals surface area contributed by atoms with Gasteiger partial charge in [0, 0.05) is 22.8 Å². The molecule has 2 aromatic heterocycles. The highest BCUT2D eigenvalue weighted by atomic mass is 35.5. The maximum Gasteiger partial charge on any atom is 0.352 e. The van der Waals surface area contributed by atoms with Gasteiger partial charge in [0.2, 0.25) is 6.61 Å². The van der Waals surface area contributed by atoms with Crippen LogP contribution in [0, 0.1) is 0 Å². The number of nitrogens with two attached hydrogens (primary N) is 1. The third kappa shape index (κ3) is 6.25. The van der Waals surface area contributed by atoms with Gasteiger partial charge in [-0.2, -0.15) is 0 Å². The fourth-order valence-electron chi connectivity index (χ4n) is 4.20. The number of carboxylic acids is 2. The third-order valence-electron chi connectivity index (χ3n) is 6.23. The number of nitrogens with one attached hydrogen (secondary N) is 1. The van der Waals surface area contributed by atoms with Crippen LogP contribution >= 0.6 is 46.3 Å². The molecule has 7 N–H and O–H groups in total. The van der Waals surface area contributed by atoms with E-state index in [1.54, 1.807) is 0 Å². The van der Waals surface area contributed by atoms with E-state index in [9.17, 15) is 34.5 Å². The molecule has 20 heteroatoms. The number of hydrogen-bond acceptors (Lipinski definition) is 14. The van der Waals surface area contributed by atoms with Crippen LogP contribution in [0.15, 0.2) is 44.5 Å². The van der Waals surface area contributed by atoms with Crippen LogP contribution < -0.4 is 11.1 Å². The average Bonchev–Trinajstić information content (AvgIpc) is 3.65. The van der Waals surface area contributed by atoms with E-state index < -0.39 is 59.0 Å². The van der Waals surface area contributed by atoms with Crippen molar-refractivity contribution in [2.24, 2.45) is 5.16 Å². The minimum absolute atomic E-state index is 0.0120. The van der Waals surface area contributed by atoms with E-state index in [1.807, 2.05) is 0 Å². The minimum atomic E-state index is -1.39. The van der Waals surface area contributed by atoms with Gasteiger partial charge < -0.3 is 40.8 Å². The van der Waals surface area contributed by atoms with Gasteiger partial charge in [0.05, 0.1) is 10.0 Å². The maximum atomic E-state index is 13.1. The number of carbonyl (C=O) groups excluding carboxylic acids is 2. The number of nitrogen functional groups attached to an aromatic ring is 1. The number of benzene rings is 1. The smallest absolute Gasteiger partial charge is 0.352 e. The number of phenols is 2. The molecular formula is C25H18Cl2N6O10S2. The summed E-state index contributed by atoms with van der Waals surface area (Å²) in [6.45, 7) is -0.841. The molecule has 1 saturated heterocycles. The molecule has 0 unspecified atom stereocenters. The van der Waals surface area contributed by atoms with Crippen molar-refractivity contribution < 1.29 is 49.0 Å². The molecule has 5 rings (SSSR count). The molecule has 2 aliphatic heterocycles. The zero-order valence-corrected chi connectivity index (χ0v) is 25.3. The van der Waals surface area contributed by atoms with E-state index in [4.69, 9.17) is 43.4 Å². The normalized spacial score (nSPS) is 18.1. The summed E-state index contributed by atoms with van der Waals surface area (Å²) in [5, 5.41) is 48.7. The van der Waals surface area contributed by atoms with Crippen molar-refractivity contribution in [3.8, 4) is 22.8 Å². The van der Waals surface area contributed by atoms with Gasteiger partial charge >= 0.3 is 11.9 Å². The predicted octanol–water partition coefficient (Wildman–Crippen LogP) is 2.36. The second-order valence-corrected chi connectivity index (χ2v) is 11.9. The van der Waals surface area contributed by atoms with Gasteiger partial charge in [-0.15, -0.1) is 23.1 Å². The lowest BCUT2D eigenvalue weighted by molar-refractivity contribution is -0.150. The lowest BCUT2D eigenvalue weighted by Crippen LogP contribution is -2.71. The number of thioether (sulfide) groups is 1. The Hall–Kier alpha value is -4.78. The van der Waals surface area contributed by atoms with Gasteiger partial charge in [-0.05, 0) is 17.7 Å². The molecule has 45 heavy (non-hydrogen) atoms. The number of aromatic hydroxyl groups is 2. The van der Waals surface area contributed by atoms with Crippen molar-refractivity contribution in [3.63, 3.8) is 0 Å². The van der Waals surface area contributed by atoms with Crippen molar-refractivity contribution in [3.05, 3.63) is 56.4 Å². The summed E-state index contributed by atoms with van der Waals surface area (Å²) in [7, 11) is 0.